The van der Waals surface area contributed by atoms with Crippen molar-refractivity contribution < 1.29 is 0 Å². The Morgan fingerprint density at radius 3 is 2.77 bits per heavy atom. The summed E-state index contributed by atoms with van der Waals surface area (Å²) in [6.45, 7) is 0. The van der Waals surface area contributed by atoms with E-state index in [1.54, 1.807) is 0 Å². The van der Waals surface area contributed by atoms with E-state index in [1.807, 2.05) is 32.0 Å². The smallest absolute Gasteiger partial charge is 0.0680 e. The van der Waals surface area contributed by atoms with Crippen LogP contribution in [-0.4, -0.2) is 23.9 Å². The van der Waals surface area contributed by atoms with Crippen LogP contribution in [0.3, 0.4) is 0 Å². The minimum absolute atomic E-state index is 1.17. The van der Waals surface area contributed by atoms with Crippen molar-refractivity contribution in [3.05, 3.63) is 24.4 Å². The monoisotopic (exact) mass is 175 g/mol. The van der Waals surface area contributed by atoms with Gasteiger partial charge in [-0.2, -0.15) is 5.10 Å². The number of rotatable bonds is 1. The predicted octanol–water partition coefficient (Wildman–Crippen LogP) is 1.64. The van der Waals surface area contributed by atoms with E-state index in [4.69, 9.17) is 0 Å². The third kappa shape index (κ3) is 1.26. The Balaban J connectivity index is 2.63. The molecule has 0 bridgehead atoms. The second-order valence-corrected chi connectivity index (χ2v) is 3.41. The van der Waals surface area contributed by atoms with Gasteiger partial charge in [0.15, 0.2) is 0 Å². The van der Waals surface area contributed by atoms with Gasteiger partial charge in [0, 0.05) is 32.2 Å². The lowest BCUT2D eigenvalue weighted by atomic mass is 10.2. The summed E-state index contributed by atoms with van der Waals surface area (Å²) in [5.41, 5.74) is 2.38. The number of aryl methyl sites for hydroxylation is 1. The van der Waals surface area contributed by atoms with Crippen molar-refractivity contribution in [3.63, 3.8) is 0 Å². The summed E-state index contributed by atoms with van der Waals surface area (Å²) in [5, 5.41) is 5.38. The maximum Gasteiger partial charge on any atom is 0.0680 e. The van der Waals surface area contributed by atoms with Gasteiger partial charge in [-0.1, -0.05) is 0 Å². The molecule has 0 amide bonds. The van der Waals surface area contributed by atoms with Crippen molar-refractivity contribution in [3.8, 4) is 0 Å². The summed E-state index contributed by atoms with van der Waals surface area (Å²) in [4.78, 5) is 2.09. The maximum absolute atomic E-state index is 4.19. The highest BCUT2D eigenvalue weighted by Crippen LogP contribution is 2.19. The topological polar surface area (TPSA) is 21.1 Å². The predicted molar refractivity (Wildman–Crippen MR) is 55.0 cm³/mol. The SMILES string of the molecule is CN(C)c1ccc2c(cnn2C)c1. The van der Waals surface area contributed by atoms with Crippen LogP contribution in [-0.2, 0) is 7.05 Å². The molecule has 0 aliphatic rings. The van der Waals surface area contributed by atoms with E-state index in [0.29, 0.717) is 0 Å². The van der Waals surface area contributed by atoms with Crippen LogP contribution >= 0.6 is 0 Å². The number of hydrogen-bond donors (Lipinski definition) is 0. The standard InChI is InChI=1S/C10H13N3/c1-12(2)9-4-5-10-8(6-9)7-11-13(10)3/h4-7H,1-3H3. The van der Waals surface area contributed by atoms with E-state index in [9.17, 15) is 0 Å². The Hall–Kier alpha value is -1.51. The Kier molecular flexibility index (Phi) is 1.72. The van der Waals surface area contributed by atoms with Gasteiger partial charge < -0.3 is 4.90 Å². The quantitative estimate of drug-likeness (QED) is 0.657. The molecule has 3 nitrogen and oxygen atoms in total. The Morgan fingerprint density at radius 1 is 1.31 bits per heavy atom. The van der Waals surface area contributed by atoms with E-state index in [-0.39, 0.29) is 0 Å². The lowest BCUT2D eigenvalue weighted by Crippen LogP contribution is -2.07. The van der Waals surface area contributed by atoms with Gasteiger partial charge in [0.25, 0.3) is 0 Å². The number of aromatic nitrogens is 2. The fraction of sp³-hybridized carbons (Fsp3) is 0.300. The van der Waals surface area contributed by atoms with Gasteiger partial charge in [0.1, 0.15) is 0 Å². The molecule has 13 heavy (non-hydrogen) atoms. The average molecular weight is 175 g/mol. The molecule has 0 fully saturated rings. The fourth-order valence-corrected chi connectivity index (χ4v) is 1.43. The van der Waals surface area contributed by atoms with Crippen molar-refractivity contribution in [2.75, 3.05) is 19.0 Å². The maximum atomic E-state index is 4.19. The molecule has 0 aliphatic heterocycles. The molecular formula is C10H13N3. The van der Waals surface area contributed by atoms with Crippen LogP contribution in [0.5, 0.6) is 0 Å². The molecule has 2 aromatic rings. The molecule has 1 aromatic heterocycles. The lowest BCUT2D eigenvalue weighted by Gasteiger charge is -2.11. The Labute approximate surface area is 77.6 Å². The molecule has 0 saturated heterocycles. The number of hydrogen-bond acceptors (Lipinski definition) is 2. The molecule has 0 unspecified atom stereocenters. The van der Waals surface area contributed by atoms with Crippen LogP contribution in [0.4, 0.5) is 5.69 Å². The first-order valence-electron chi connectivity index (χ1n) is 4.27. The number of anilines is 1. The Bertz CT molecular complexity index is 429. The van der Waals surface area contributed by atoms with Gasteiger partial charge in [0.2, 0.25) is 0 Å². The molecule has 1 aromatic carbocycles. The van der Waals surface area contributed by atoms with Gasteiger partial charge in [-0.25, -0.2) is 0 Å². The summed E-state index contributed by atoms with van der Waals surface area (Å²) in [7, 11) is 6.03. The molecule has 2 rings (SSSR count). The van der Waals surface area contributed by atoms with Crippen LogP contribution in [0.1, 0.15) is 0 Å². The first kappa shape index (κ1) is 8.10. The van der Waals surface area contributed by atoms with E-state index >= 15 is 0 Å². The normalized spacial score (nSPS) is 10.7. The molecular weight excluding hydrogens is 162 g/mol. The second kappa shape index (κ2) is 2.76. The van der Waals surface area contributed by atoms with Crippen molar-refractivity contribution in [2.45, 2.75) is 0 Å². The van der Waals surface area contributed by atoms with Crippen LogP contribution < -0.4 is 4.90 Å². The molecule has 0 saturated carbocycles. The van der Waals surface area contributed by atoms with E-state index < -0.39 is 0 Å². The van der Waals surface area contributed by atoms with Crippen LogP contribution in [0.15, 0.2) is 24.4 Å². The van der Waals surface area contributed by atoms with Crippen molar-refractivity contribution in [2.24, 2.45) is 7.05 Å². The third-order valence-electron chi connectivity index (χ3n) is 2.25. The molecule has 0 aliphatic carbocycles. The molecule has 1 heterocycles. The molecule has 3 heteroatoms. The van der Waals surface area contributed by atoms with Gasteiger partial charge in [-0.3, -0.25) is 4.68 Å². The van der Waals surface area contributed by atoms with Gasteiger partial charge in [-0.15, -0.1) is 0 Å². The largest absolute Gasteiger partial charge is 0.378 e. The number of nitrogens with zero attached hydrogens (tertiary/aromatic N) is 3. The van der Waals surface area contributed by atoms with Crippen molar-refractivity contribution in [1.29, 1.82) is 0 Å². The molecule has 0 N–H and O–H groups in total. The van der Waals surface area contributed by atoms with E-state index in [1.165, 1.54) is 16.6 Å². The van der Waals surface area contributed by atoms with Crippen molar-refractivity contribution >= 4 is 16.6 Å². The van der Waals surface area contributed by atoms with Crippen LogP contribution in [0.2, 0.25) is 0 Å². The summed E-state index contributed by atoms with van der Waals surface area (Å²) in [6, 6.07) is 6.34. The Morgan fingerprint density at radius 2 is 2.08 bits per heavy atom. The van der Waals surface area contributed by atoms with E-state index in [2.05, 4.69) is 28.2 Å². The highest BCUT2D eigenvalue weighted by Gasteiger charge is 2.00. The second-order valence-electron chi connectivity index (χ2n) is 3.41. The van der Waals surface area contributed by atoms with Gasteiger partial charge in [0.05, 0.1) is 11.7 Å². The lowest BCUT2D eigenvalue weighted by molar-refractivity contribution is 0.797. The zero-order chi connectivity index (χ0) is 9.42. The zero-order valence-electron chi connectivity index (χ0n) is 8.15. The van der Waals surface area contributed by atoms with E-state index in [0.717, 1.165) is 0 Å². The first-order chi connectivity index (χ1) is 6.18. The third-order valence-corrected chi connectivity index (χ3v) is 2.25. The van der Waals surface area contributed by atoms with Crippen LogP contribution in [0.25, 0.3) is 10.9 Å². The summed E-state index contributed by atoms with van der Waals surface area (Å²) < 4.78 is 1.88. The summed E-state index contributed by atoms with van der Waals surface area (Å²) in [5.74, 6) is 0. The minimum Gasteiger partial charge on any atom is -0.378 e. The fourth-order valence-electron chi connectivity index (χ4n) is 1.43. The van der Waals surface area contributed by atoms with Crippen LogP contribution in [0, 0.1) is 0 Å². The minimum atomic E-state index is 1.17. The number of fused-ring (bicyclic) bond motifs is 1. The molecule has 0 radical (unpaired) electrons. The zero-order valence-corrected chi connectivity index (χ0v) is 8.15. The highest BCUT2D eigenvalue weighted by molar-refractivity contribution is 5.82. The summed E-state index contributed by atoms with van der Waals surface area (Å²) >= 11 is 0. The molecule has 68 valence electrons. The summed E-state index contributed by atoms with van der Waals surface area (Å²) in [6.07, 6.45) is 1.89. The van der Waals surface area contributed by atoms with Gasteiger partial charge >= 0.3 is 0 Å². The highest BCUT2D eigenvalue weighted by atomic mass is 15.2. The number of benzene rings is 1. The average Bonchev–Trinajstić information content (AvgIpc) is 2.47. The van der Waals surface area contributed by atoms with Gasteiger partial charge in [-0.05, 0) is 18.2 Å². The first-order valence-corrected chi connectivity index (χ1v) is 4.27. The van der Waals surface area contributed by atoms with Crippen molar-refractivity contribution in [1.82, 2.24) is 9.78 Å². The molecule has 0 atom stereocenters. The molecule has 0 spiro atoms.